The van der Waals surface area contributed by atoms with Crippen molar-refractivity contribution in [2.24, 2.45) is 0 Å². The van der Waals surface area contributed by atoms with Crippen molar-refractivity contribution in [1.82, 2.24) is 19.8 Å². The number of hydrogen-bond donors (Lipinski definition) is 0. The molecule has 24 heavy (non-hydrogen) atoms. The first kappa shape index (κ1) is 16.9. The first-order valence-corrected chi connectivity index (χ1v) is 8.40. The number of halogens is 1. The van der Waals surface area contributed by atoms with Crippen LogP contribution in [0.15, 0.2) is 29.1 Å². The highest BCUT2D eigenvalue weighted by molar-refractivity contribution is 6.31. The van der Waals surface area contributed by atoms with E-state index < -0.39 is 0 Å². The molecule has 128 valence electrons. The average Bonchev–Trinajstić information content (AvgIpc) is 3.16. The van der Waals surface area contributed by atoms with Crippen LogP contribution in [0.1, 0.15) is 30.6 Å². The van der Waals surface area contributed by atoms with Crippen molar-refractivity contribution in [3.05, 3.63) is 46.9 Å². The quantitative estimate of drug-likeness (QED) is 0.831. The van der Waals surface area contributed by atoms with Gasteiger partial charge in [0, 0.05) is 45.0 Å². The number of carbonyl (C=O) groups is 1. The van der Waals surface area contributed by atoms with E-state index in [1.54, 1.807) is 25.5 Å². The fourth-order valence-electron chi connectivity index (χ4n) is 3.10. The van der Waals surface area contributed by atoms with Crippen molar-refractivity contribution in [3.63, 3.8) is 0 Å². The lowest BCUT2D eigenvalue weighted by molar-refractivity contribution is -0.132. The molecule has 1 atom stereocenters. The Kier molecular flexibility index (Phi) is 5.16. The highest BCUT2D eigenvalue weighted by Gasteiger charge is 2.30. The summed E-state index contributed by atoms with van der Waals surface area (Å²) in [7, 11) is 0. The van der Waals surface area contributed by atoms with Gasteiger partial charge in [-0.25, -0.2) is 4.98 Å². The van der Waals surface area contributed by atoms with Crippen LogP contribution in [0.2, 0.25) is 5.02 Å². The number of nitrogens with zero attached hydrogens (tertiary/aromatic N) is 4. The zero-order valence-corrected chi connectivity index (χ0v) is 14.7. The van der Waals surface area contributed by atoms with E-state index in [9.17, 15) is 4.79 Å². The first-order chi connectivity index (χ1) is 11.5. The van der Waals surface area contributed by atoms with Crippen LogP contribution in [0.4, 0.5) is 0 Å². The van der Waals surface area contributed by atoms with Gasteiger partial charge in [-0.05, 0) is 25.0 Å². The van der Waals surface area contributed by atoms with Crippen LogP contribution >= 0.6 is 11.6 Å². The van der Waals surface area contributed by atoms with Crippen LogP contribution in [0.5, 0.6) is 0 Å². The van der Waals surface area contributed by atoms with Crippen LogP contribution in [0.3, 0.4) is 0 Å². The Morgan fingerprint density at radius 2 is 2.33 bits per heavy atom. The van der Waals surface area contributed by atoms with E-state index in [1.165, 1.54) is 0 Å². The summed E-state index contributed by atoms with van der Waals surface area (Å²) < 4.78 is 5.52. The van der Waals surface area contributed by atoms with Gasteiger partial charge in [0.05, 0.1) is 17.8 Å². The molecule has 0 N–H and O–H groups in total. The minimum Gasteiger partial charge on any atom is -0.444 e. The topological polar surface area (TPSA) is 62.5 Å². The van der Waals surface area contributed by atoms with Gasteiger partial charge in [0.15, 0.2) is 0 Å². The number of likely N-dealkylation sites (tertiary alicyclic amines) is 1. The van der Waals surface area contributed by atoms with E-state index in [0.29, 0.717) is 17.5 Å². The molecular weight excluding hydrogens is 328 g/mol. The third kappa shape index (κ3) is 3.94. The normalized spacial score (nSPS) is 18.0. The predicted molar refractivity (Wildman–Crippen MR) is 90.4 cm³/mol. The van der Waals surface area contributed by atoms with Crippen LogP contribution in [-0.4, -0.2) is 44.8 Å². The molecule has 0 bridgehead atoms. The molecule has 1 aliphatic rings. The molecule has 2 aromatic rings. The van der Waals surface area contributed by atoms with Gasteiger partial charge < -0.3 is 9.32 Å². The predicted octanol–water partition coefficient (Wildman–Crippen LogP) is 2.65. The van der Waals surface area contributed by atoms with Gasteiger partial charge in [-0.3, -0.25) is 14.7 Å². The van der Waals surface area contributed by atoms with E-state index in [2.05, 4.69) is 14.9 Å². The third-order valence-electron chi connectivity index (χ3n) is 4.32. The van der Waals surface area contributed by atoms with Gasteiger partial charge in [0.2, 0.25) is 11.8 Å². The van der Waals surface area contributed by atoms with Crippen LogP contribution in [0.25, 0.3) is 0 Å². The number of pyridine rings is 1. The molecule has 3 rings (SSSR count). The lowest BCUT2D eigenvalue weighted by atomic mass is 10.2. The number of rotatable bonds is 5. The van der Waals surface area contributed by atoms with Crippen LogP contribution in [0, 0.1) is 6.92 Å². The molecule has 7 heteroatoms. The van der Waals surface area contributed by atoms with Crippen molar-refractivity contribution in [2.75, 3.05) is 13.1 Å². The Morgan fingerprint density at radius 3 is 3.00 bits per heavy atom. The molecule has 0 spiro atoms. The monoisotopic (exact) mass is 348 g/mol. The second-order valence-corrected chi connectivity index (χ2v) is 6.56. The number of carbonyl (C=O) groups excluding carboxylic acids is 1. The Morgan fingerprint density at radius 1 is 1.50 bits per heavy atom. The van der Waals surface area contributed by atoms with Crippen molar-refractivity contribution in [1.29, 1.82) is 0 Å². The molecule has 3 heterocycles. The summed E-state index contributed by atoms with van der Waals surface area (Å²) in [5.74, 6) is 1.38. The van der Waals surface area contributed by atoms with Gasteiger partial charge >= 0.3 is 0 Å². The van der Waals surface area contributed by atoms with E-state index in [1.807, 2.05) is 17.9 Å². The molecule has 0 aliphatic carbocycles. The fourth-order valence-corrected chi connectivity index (χ4v) is 3.28. The highest BCUT2D eigenvalue weighted by atomic mass is 35.5. The Labute approximate surface area is 146 Å². The molecule has 6 nitrogen and oxygen atoms in total. The van der Waals surface area contributed by atoms with Crippen molar-refractivity contribution in [3.8, 4) is 0 Å². The second-order valence-electron chi connectivity index (χ2n) is 6.16. The summed E-state index contributed by atoms with van der Waals surface area (Å²) in [6.07, 6.45) is 6.03. The molecule has 1 amide bonds. The largest absolute Gasteiger partial charge is 0.444 e. The summed E-state index contributed by atoms with van der Waals surface area (Å²) in [6.45, 7) is 6.37. The van der Waals surface area contributed by atoms with Gasteiger partial charge in [-0.15, -0.1) is 0 Å². The van der Waals surface area contributed by atoms with E-state index in [4.69, 9.17) is 16.0 Å². The number of oxazole rings is 1. The Balaban J connectivity index is 1.64. The van der Waals surface area contributed by atoms with Gasteiger partial charge in [0.25, 0.3) is 0 Å². The summed E-state index contributed by atoms with van der Waals surface area (Å²) in [5, 5.41) is 0.680. The Hall–Kier alpha value is -1.92. The Bertz CT molecular complexity index is 718. The van der Waals surface area contributed by atoms with Crippen molar-refractivity contribution < 1.29 is 9.21 Å². The minimum absolute atomic E-state index is 0.0413. The molecule has 1 fully saturated rings. The van der Waals surface area contributed by atoms with E-state index in [-0.39, 0.29) is 11.9 Å². The third-order valence-corrected chi connectivity index (χ3v) is 4.66. The molecule has 0 radical (unpaired) electrons. The second kappa shape index (κ2) is 7.32. The number of amides is 1. The fraction of sp³-hybridized carbons (Fsp3) is 0.471. The first-order valence-electron chi connectivity index (χ1n) is 8.02. The molecule has 1 unspecified atom stereocenters. The number of hydrogen-bond acceptors (Lipinski definition) is 5. The maximum Gasteiger partial charge on any atom is 0.220 e. The smallest absolute Gasteiger partial charge is 0.220 e. The molecule has 2 aromatic heterocycles. The molecule has 1 aliphatic heterocycles. The number of aromatic nitrogens is 2. The van der Waals surface area contributed by atoms with E-state index in [0.717, 1.165) is 37.4 Å². The lowest BCUT2D eigenvalue weighted by Crippen LogP contribution is -2.40. The number of aryl methyl sites for hydroxylation is 1. The van der Waals surface area contributed by atoms with Crippen LogP contribution in [-0.2, 0) is 17.9 Å². The maximum absolute atomic E-state index is 12.1. The molecule has 0 aromatic carbocycles. The minimum atomic E-state index is 0.0413. The highest BCUT2D eigenvalue weighted by Crippen LogP contribution is 2.22. The van der Waals surface area contributed by atoms with Crippen molar-refractivity contribution >= 4 is 17.5 Å². The average molecular weight is 349 g/mol. The zero-order valence-electron chi connectivity index (χ0n) is 13.9. The van der Waals surface area contributed by atoms with Gasteiger partial charge in [-0.1, -0.05) is 11.6 Å². The van der Waals surface area contributed by atoms with E-state index >= 15 is 0 Å². The molecule has 0 saturated carbocycles. The maximum atomic E-state index is 12.1. The zero-order chi connectivity index (χ0) is 17.1. The summed E-state index contributed by atoms with van der Waals surface area (Å²) in [4.78, 5) is 24.4. The summed E-state index contributed by atoms with van der Waals surface area (Å²) in [5.41, 5.74) is 1.06. The van der Waals surface area contributed by atoms with Crippen molar-refractivity contribution in [2.45, 2.75) is 39.4 Å². The van der Waals surface area contributed by atoms with Gasteiger partial charge in [-0.2, -0.15) is 0 Å². The standard InChI is InChI=1S/C17H21ClN4O2/c1-12-7-20-17(24-12)11-22(13(2)23)15-4-6-21(10-15)9-14-3-5-19-8-16(14)18/h3,5,7-8,15H,4,6,9-11H2,1-2H3. The molecule has 1 saturated heterocycles. The van der Waals surface area contributed by atoms with Crippen LogP contribution < -0.4 is 0 Å². The van der Waals surface area contributed by atoms with Gasteiger partial charge in [0.1, 0.15) is 5.76 Å². The SMILES string of the molecule is CC(=O)N(Cc1ncc(C)o1)C1CCN(Cc2ccncc2Cl)C1. The summed E-state index contributed by atoms with van der Waals surface area (Å²) >= 11 is 6.19. The molecular formula is C17H21ClN4O2. The lowest BCUT2D eigenvalue weighted by Gasteiger charge is -2.27. The summed E-state index contributed by atoms with van der Waals surface area (Å²) in [6, 6.07) is 2.10.